The summed E-state index contributed by atoms with van der Waals surface area (Å²) >= 11 is 0. The van der Waals surface area contributed by atoms with E-state index in [9.17, 15) is 5.26 Å². The highest BCUT2D eigenvalue weighted by molar-refractivity contribution is 5.69. The second-order valence-electron chi connectivity index (χ2n) is 4.57. The molecule has 20 heavy (non-hydrogen) atoms. The Bertz CT molecular complexity index is 599. The molecule has 0 aliphatic heterocycles. The van der Waals surface area contributed by atoms with Gasteiger partial charge in [-0.15, -0.1) is 0 Å². The summed E-state index contributed by atoms with van der Waals surface area (Å²) in [6, 6.07) is 18.5. The van der Waals surface area contributed by atoms with Crippen LogP contribution in [0.25, 0.3) is 0 Å². The Morgan fingerprint density at radius 1 is 1.15 bits per heavy atom. The van der Waals surface area contributed by atoms with E-state index in [1.807, 2.05) is 37.4 Å². The Labute approximate surface area is 120 Å². The molecule has 0 aliphatic carbocycles. The molecule has 0 aromatic heterocycles. The Balaban J connectivity index is 2.42. The topological polar surface area (TPSA) is 39.1 Å². The van der Waals surface area contributed by atoms with Crippen LogP contribution in [0.5, 0.6) is 0 Å². The molecule has 0 aliphatic rings. The molecular formula is C17H19N3. The molecule has 102 valence electrons. The van der Waals surface area contributed by atoms with Crippen LogP contribution in [0.15, 0.2) is 48.5 Å². The van der Waals surface area contributed by atoms with Crippen LogP contribution in [0, 0.1) is 11.3 Å². The number of nitrogens with zero attached hydrogens (tertiary/aromatic N) is 2. The maximum atomic E-state index is 9.41. The number of rotatable bonds is 5. The Morgan fingerprint density at radius 3 is 2.50 bits per heavy atom. The maximum Gasteiger partial charge on any atom is 0.101 e. The molecule has 0 bridgehead atoms. The van der Waals surface area contributed by atoms with Gasteiger partial charge in [-0.25, -0.2) is 0 Å². The van der Waals surface area contributed by atoms with E-state index in [1.54, 1.807) is 0 Å². The van der Waals surface area contributed by atoms with Gasteiger partial charge in [0, 0.05) is 18.8 Å². The van der Waals surface area contributed by atoms with Gasteiger partial charge in [0.25, 0.3) is 0 Å². The zero-order chi connectivity index (χ0) is 14.4. The summed E-state index contributed by atoms with van der Waals surface area (Å²) in [5, 5.41) is 12.5. The molecule has 1 N–H and O–H groups in total. The maximum absolute atomic E-state index is 9.41. The smallest absolute Gasteiger partial charge is 0.101 e. The summed E-state index contributed by atoms with van der Waals surface area (Å²) in [4.78, 5) is 2.15. The first-order chi connectivity index (χ1) is 9.80. The number of nitriles is 1. The first-order valence-electron chi connectivity index (χ1n) is 6.80. The van der Waals surface area contributed by atoms with Gasteiger partial charge < -0.3 is 10.2 Å². The predicted octanol–water partition coefficient (Wildman–Crippen LogP) is 3.44. The van der Waals surface area contributed by atoms with E-state index in [0.717, 1.165) is 30.0 Å². The number of hydrogen-bond acceptors (Lipinski definition) is 3. The van der Waals surface area contributed by atoms with E-state index in [0.29, 0.717) is 5.56 Å². The molecule has 0 unspecified atom stereocenters. The first-order valence-corrected chi connectivity index (χ1v) is 6.80. The van der Waals surface area contributed by atoms with Crippen molar-refractivity contribution in [2.24, 2.45) is 0 Å². The molecule has 0 heterocycles. The zero-order valence-electron chi connectivity index (χ0n) is 11.9. The van der Waals surface area contributed by atoms with Gasteiger partial charge in [0.05, 0.1) is 11.3 Å². The summed E-state index contributed by atoms with van der Waals surface area (Å²) in [5.74, 6) is 0. The van der Waals surface area contributed by atoms with Crippen molar-refractivity contribution in [1.29, 1.82) is 5.26 Å². The number of hydrogen-bond donors (Lipinski definition) is 1. The Hall–Kier alpha value is -2.31. The third-order valence-corrected chi connectivity index (χ3v) is 3.24. The van der Waals surface area contributed by atoms with E-state index in [-0.39, 0.29) is 0 Å². The van der Waals surface area contributed by atoms with Crippen LogP contribution >= 0.6 is 0 Å². The molecule has 0 spiro atoms. The van der Waals surface area contributed by atoms with Crippen molar-refractivity contribution in [2.75, 3.05) is 18.5 Å². The van der Waals surface area contributed by atoms with Crippen molar-refractivity contribution in [1.82, 2.24) is 5.32 Å². The number of para-hydroxylation sites is 1. The molecule has 0 atom stereocenters. The fourth-order valence-electron chi connectivity index (χ4n) is 2.32. The van der Waals surface area contributed by atoms with Crippen molar-refractivity contribution in [3.63, 3.8) is 0 Å². The quantitative estimate of drug-likeness (QED) is 0.900. The van der Waals surface area contributed by atoms with Gasteiger partial charge in [-0.05, 0) is 43.8 Å². The van der Waals surface area contributed by atoms with Crippen LogP contribution in [0.2, 0.25) is 0 Å². The fraction of sp³-hybridized carbons (Fsp3) is 0.235. The lowest BCUT2D eigenvalue weighted by molar-refractivity contribution is 0.817. The lowest BCUT2D eigenvalue weighted by Gasteiger charge is -2.24. The Kier molecular flexibility index (Phi) is 4.75. The number of nitrogens with one attached hydrogen (secondary N) is 1. The van der Waals surface area contributed by atoms with Crippen molar-refractivity contribution in [3.05, 3.63) is 59.7 Å². The lowest BCUT2D eigenvalue weighted by atomic mass is 10.1. The highest BCUT2D eigenvalue weighted by Crippen LogP contribution is 2.28. The van der Waals surface area contributed by atoms with Gasteiger partial charge in [0.1, 0.15) is 6.07 Å². The fourth-order valence-corrected chi connectivity index (χ4v) is 2.32. The van der Waals surface area contributed by atoms with Crippen LogP contribution in [0.1, 0.15) is 18.1 Å². The van der Waals surface area contributed by atoms with Crippen LogP contribution in [-0.2, 0) is 6.54 Å². The minimum atomic E-state index is 0.712. The molecule has 2 aromatic rings. The van der Waals surface area contributed by atoms with E-state index in [4.69, 9.17) is 0 Å². The molecule has 0 fully saturated rings. The zero-order valence-corrected chi connectivity index (χ0v) is 11.9. The van der Waals surface area contributed by atoms with Crippen molar-refractivity contribution < 1.29 is 0 Å². The van der Waals surface area contributed by atoms with E-state index < -0.39 is 0 Å². The molecule has 3 heteroatoms. The van der Waals surface area contributed by atoms with Gasteiger partial charge in [0.15, 0.2) is 0 Å². The Morgan fingerprint density at radius 2 is 1.90 bits per heavy atom. The average Bonchev–Trinajstić information content (AvgIpc) is 2.50. The third-order valence-electron chi connectivity index (χ3n) is 3.24. The van der Waals surface area contributed by atoms with Gasteiger partial charge in [-0.1, -0.05) is 24.3 Å². The summed E-state index contributed by atoms with van der Waals surface area (Å²) < 4.78 is 0. The number of anilines is 2. The lowest BCUT2D eigenvalue weighted by Crippen LogP contribution is -2.17. The second kappa shape index (κ2) is 6.74. The summed E-state index contributed by atoms with van der Waals surface area (Å²) in [6.45, 7) is 3.69. The van der Waals surface area contributed by atoms with Gasteiger partial charge in [0.2, 0.25) is 0 Å². The minimum absolute atomic E-state index is 0.712. The largest absolute Gasteiger partial charge is 0.341 e. The van der Waals surface area contributed by atoms with Crippen molar-refractivity contribution in [3.8, 4) is 6.07 Å². The molecule has 2 rings (SSSR count). The van der Waals surface area contributed by atoms with Crippen LogP contribution in [-0.4, -0.2) is 13.6 Å². The third kappa shape index (κ3) is 2.98. The second-order valence-corrected chi connectivity index (χ2v) is 4.57. The first kappa shape index (κ1) is 14.1. The molecule has 0 saturated carbocycles. The molecule has 0 radical (unpaired) electrons. The highest BCUT2D eigenvalue weighted by atomic mass is 15.1. The van der Waals surface area contributed by atoms with E-state index in [2.05, 4.69) is 41.4 Å². The van der Waals surface area contributed by atoms with Crippen LogP contribution in [0.4, 0.5) is 11.4 Å². The van der Waals surface area contributed by atoms with Gasteiger partial charge >= 0.3 is 0 Å². The van der Waals surface area contributed by atoms with E-state index in [1.165, 1.54) is 0 Å². The molecule has 2 aromatic carbocycles. The SMILES string of the molecule is CCN(c1ccccc1)c1ccc(CNC)cc1C#N. The van der Waals surface area contributed by atoms with Gasteiger partial charge in [-0.2, -0.15) is 5.26 Å². The van der Waals surface area contributed by atoms with Crippen molar-refractivity contribution in [2.45, 2.75) is 13.5 Å². The average molecular weight is 265 g/mol. The van der Waals surface area contributed by atoms with Crippen LogP contribution < -0.4 is 10.2 Å². The monoisotopic (exact) mass is 265 g/mol. The summed E-state index contributed by atoms with van der Waals surface area (Å²) in [7, 11) is 1.91. The predicted molar refractivity (Wildman–Crippen MR) is 83.0 cm³/mol. The standard InChI is InChI=1S/C17H19N3/c1-3-20(16-7-5-4-6-8-16)17-10-9-14(13-19-2)11-15(17)12-18/h4-11,19H,3,13H2,1-2H3. The highest BCUT2D eigenvalue weighted by Gasteiger charge is 2.12. The normalized spacial score (nSPS) is 10.1. The molecular weight excluding hydrogens is 246 g/mol. The number of benzene rings is 2. The summed E-state index contributed by atoms with van der Waals surface area (Å²) in [6.07, 6.45) is 0. The molecule has 3 nitrogen and oxygen atoms in total. The van der Waals surface area contributed by atoms with E-state index >= 15 is 0 Å². The van der Waals surface area contributed by atoms with Crippen LogP contribution in [0.3, 0.4) is 0 Å². The minimum Gasteiger partial charge on any atom is -0.341 e. The molecule has 0 amide bonds. The van der Waals surface area contributed by atoms with Crippen molar-refractivity contribution >= 4 is 11.4 Å². The summed E-state index contributed by atoms with van der Waals surface area (Å²) in [5.41, 5.74) is 3.90. The molecule has 0 saturated heterocycles. The van der Waals surface area contributed by atoms with Gasteiger partial charge in [-0.3, -0.25) is 0 Å².